The number of carbonyl (C=O) groups excluding carboxylic acids is 1. The van der Waals surface area contributed by atoms with Gasteiger partial charge in [0.15, 0.2) is 0 Å². The van der Waals surface area contributed by atoms with Crippen LogP contribution in [-0.4, -0.2) is 89.1 Å². The van der Waals surface area contributed by atoms with Gasteiger partial charge in [0.2, 0.25) is 0 Å². The van der Waals surface area contributed by atoms with E-state index in [0.29, 0.717) is 22.8 Å². The Balaban J connectivity index is -0.000000665. The molecule has 9 heteroatoms. The lowest BCUT2D eigenvalue weighted by molar-refractivity contribution is 0.00523. The zero-order valence-corrected chi connectivity index (χ0v) is 25.7. The molecular formula is C29H64ClN3O5. The van der Waals surface area contributed by atoms with Crippen LogP contribution in [0.5, 0.6) is 0 Å². The van der Waals surface area contributed by atoms with Crippen molar-refractivity contribution in [1.82, 2.24) is 15.1 Å². The second-order valence-electron chi connectivity index (χ2n) is 12.9. The van der Waals surface area contributed by atoms with E-state index in [1.165, 1.54) is 51.7 Å². The Kier molecular flexibility index (Phi) is 20.5. The lowest BCUT2D eigenvalue weighted by Gasteiger charge is -2.49. The number of carbonyl (C=O) groups is 1. The highest BCUT2D eigenvalue weighted by atomic mass is 35.5. The monoisotopic (exact) mass is 569 g/mol. The van der Waals surface area contributed by atoms with E-state index >= 15 is 0 Å². The summed E-state index contributed by atoms with van der Waals surface area (Å²) >= 11 is 6.30. The average Bonchev–Trinajstić information content (AvgIpc) is 3.27. The maximum Gasteiger partial charge on any atom is 0.410 e. The summed E-state index contributed by atoms with van der Waals surface area (Å²) in [6.07, 6.45) is 8.60. The van der Waals surface area contributed by atoms with Crippen molar-refractivity contribution < 1.29 is 26.0 Å². The minimum absolute atomic E-state index is 0. The van der Waals surface area contributed by atoms with Crippen molar-refractivity contribution in [3.63, 3.8) is 0 Å². The van der Waals surface area contributed by atoms with E-state index in [1.54, 1.807) is 4.90 Å². The summed E-state index contributed by atoms with van der Waals surface area (Å²) < 4.78 is 5.21. The first-order valence-corrected chi connectivity index (χ1v) is 14.3. The molecule has 0 bridgehead atoms. The quantitative estimate of drug-likeness (QED) is 0.485. The Morgan fingerprint density at radius 2 is 1.53 bits per heavy atom. The predicted molar refractivity (Wildman–Crippen MR) is 162 cm³/mol. The topological polar surface area (TPSA) is 139 Å². The molecule has 2 saturated heterocycles. The van der Waals surface area contributed by atoms with E-state index in [2.05, 4.69) is 45.0 Å². The van der Waals surface area contributed by atoms with Crippen LogP contribution in [-0.2, 0) is 4.74 Å². The number of alkyl halides is 1. The number of hydrogen-bond donors (Lipinski definition) is 1. The van der Waals surface area contributed by atoms with Crippen LogP contribution in [0.15, 0.2) is 0 Å². The van der Waals surface area contributed by atoms with Gasteiger partial charge in [-0.2, -0.15) is 0 Å². The third kappa shape index (κ3) is 13.6. The Morgan fingerprint density at radius 1 is 1.00 bits per heavy atom. The second-order valence-corrected chi connectivity index (χ2v) is 13.6. The van der Waals surface area contributed by atoms with Gasteiger partial charge in [-0.3, -0.25) is 0 Å². The Bertz CT molecular complexity index is 616. The highest BCUT2D eigenvalue weighted by Gasteiger charge is 2.41. The number of amides is 1. The first-order valence-electron chi connectivity index (χ1n) is 13.8. The van der Waals surface area contributed by atoms with Crippen molar-refractivity contribution in [3.05, 3.63) is 0 Å². The lowest BCUT2D eigenvalue weighted by Crippen LogP contribution is -2.52. The zero-order chi connectivity index (χ0) is 25.5. The summed E-state index contributed by atoms with van der Waals surface area (Å²) in [5.41, 5.74) is 0.0804. The molecule has 3 aliphatic rings. The first kappa shape index (κ1) is 41.8. The molecular weight excluding hydrogens is 506 g/mol. The van der Waals surface area contributed by atoms with Gasteiger partial charge in [0.1, 0.15) is 5.60 Å². The SMILES string of the molecule is C.CC(C)(C)OC(=O)N1CCCC1.CN[C@@H](CN1CCC(C2CCC(Cl)CC2)C(C)(C)C1)C(C)C.O.O.O. The smallest absolute Gasteiger partial charge is 0.410 e. The van der Waals surface area contributed by atoms with E-state index < -0.39 is 0 Å². The van der Waals surface area contributed by atoms with Crippen molar-refractivity contribution in [2.75, 3.05) is 39.8 Å². The van der Waals surface area contributed by atoms with Gasteiger partial charge in [-0.1, -0.05) is 35.1 Å². The van der Waals surface area contributed by atoms with Gasteiger partial charge < -0.3 is 36.3 Å². The first-order chi connectivity index (χ1) is 15.8. The van der Waals surface area contributed by atoms with Crippen LogP contribution in [0.1, 0.15) is 101 Å². The van der Waals surface area contributed by atoms with Gasteiger partial charge in [0, 0.05) is 37.6 Å². The van der Waals surface area contributed by atoms with Gasteiger partial charge >= 0.3 is 6.09 Å². The number of piperidine rings is 1. The number of ether oxygens (including phenoxy) is 1. The standard InChI is InChI=1S/C19H37ClN2.C9H17NO2.CH4.3H2O/c1-14(2)18(21-5)12-22-11-10-17(19(3,4)13-22)15-6-8-16(20)9-7-15;1-9(2,3)12-8(11)10-6-4-5-7-10;;;;/h14-18,21H,6-13H2,1-5H3;4-7H2,1-3H3;1H4;3*1H2/t15?,16?,17?,18-;;;;;/m0...../s1. The summed E-state index contributed by atoms with van der Waals surface area (Å²) in [6.45, 7) is 20.8. The number of rotatable bonds is 5. The minimum Gasteiger partial charge on any atom is -0.444 e. The molecule has 3 rings (SSSR count). The molecule has 2 aliphatic heterocycles. The largest absolute Gasteiger partial charge is 0.444 e. The average molecular weight is 570 g/mol. The van der Waals surface area contributed by atoms with Gasteiger partial charge in [0.05, 0.1) is 0 Å². The van der Waals surface area contributed by atoms with E-state index in [0.717, 1.165) is 37.8 Å². The molecule has 3 fully saturated rings. The van der Waals surface area contributed by atoms with E-state index in [-0.39, 0.29) is 35.5 Å². The van der Waals surface area contributed by atoms with Gasteiger partial charge in [-0.25, -0.2) is 4.79 Å². The Labute approximate surface area is 239 Å². The van der Waals surface area contributed by atoms with Crippen LogP contribution in [0.4, 0.5) is 4.79 Å². The molecule has 232 valence electrons. The summed E-state index contributed by atoms with van der Waals surface area (Å²) in [4.78, 5) is 15.8. The highest BCUT2D eigenvalue weighted by molar-refractivity contribution is 6.20. The molecule has 1 aliphatic carbocycles. The predicted octanol–water partition coefficient (Wildman–Crippen LogP) is 4.56. The van der Waals surface area contributed by atoms with Crippen molar-refractivity contribution in [2.45, 2.75) is 118 Å². The lowest BCUT2D eigenvalue weighted by atomic mass is 9.64. The molecule has 8 nitrogen and oxygen atoms in total. The number of nitrogens with one attached hydrogen (secondary N) is 1. The molecule has 2 heterocycles. The number of nitrogens with zero attached hydrogens (tertiary/aromatic N) is 2. The third-order valence-electron chi connectivity index (χ3n) is 8.05. The molecule has 0 spiro atoms. The molecule has 0 aromatic heterocycles. The van der Waals surface area contributed by atoms with Gasteiger partial charge in [0.25, 0.3) is 0 Å². The summed E-state index contributed by atoms with van der Waals surface area (Å²) in [6, 6.07) is 0.610. The molecule has 1 saturated carbocycles. The summed E-state index contributed by atoms with van der Waals surface area (Å²) in [5, 5.41) is 3.95. The van der Waals surface area contributed by atoms with E-state index in [4.69, 9.17) is 16.3 Å². The zero-order valence-electron chi connectivity index (χ0n) is 25.0. The summed E-state index contributed by atoms with van der Waals surface area (Å²) in [7, 11) is 2.10. The fourth-order valence-electron chi connectivity index (χ4n) is 6.14. The molecule has 0 radical (unpaired) electrons. The van der Waals surface area contributed by atoms with Gasteiger partial charge in [-0.05, 0) is 102 Å². The maximum absolute atomic E-state index is 11.4. The fraction of sp³-hybridized carbons (Fsp3) is 0.966. The maximum atomic E-state index is 11.4. The van der Waals surface area contributed by atoms with Crippen molar-refractivity contribution in [2.24, 2.45) is 23.2 Å². The van der Waals surface area contributed by atoms with E-state index in [9.17, 15) is 4.79 Å². The number of likely N-dealkylation sites (N-methyl/N-ethyl adjacent to an activating group) is 1. The van der Waals surface area contributed by atoms with Crippen molar-refractivity contribution >= 4 is 17.7 Å². The minimum atomic E-state index is -0.361. The fourth-order valence-corrected chi connectivity index (χ4v) is 6.39. The molecule has 0 aromatic rings. The summed E-state index contributed by atoms with van der Waals surface area (Å²) in [5.74, 6) is 2.50. The van der Waals surface area contributed by atoms with Gasteiger partial charge in [-0.15, -0.1) is 11.6 Å². The van der Waals surface area contributed by atoms with Crippen LogP contribution >= 0.6 is 11.6 Å². The van der Waals surface area contributed by atoms with Crippen LogP contribution in [0.25, 0.3) is 0 Å². The number of likely N-dealkylation sites (tertiary alicyclic amines) is 2. The van der Waals surface area contributed by atoms with Crippen LogP contribution in [0, 0.1) is 23.2 Å². The molecule has 0 aromatic carbocycles. The number of hydrogen-bond acceptors (Lipinski definition) is 4. The Morgan fingerprint density at radius 3 is 1.95 bits per heavy atom. The second kappa shape index (κ2) is 18.7. The van der Waals surface area contributed by atoms with Crippen LogP contribution < -0.4 is 5.32 Å². The van der Waals surface area contributed by atoms with E-state index in [1.807, 2.05) is 20.8 Å². The van der Waals surface area contributed by atoms with Crippen molar-refractivity contribution in [3.8, 4) is 0 Å². The van der Waals surface area contributed by atoms with Crippen molar-refractivity contribution in [1.29, 1.82) is 0 Å². The third-order valence-corrected chi connectivity index (χ3v) is 8.49. The Hall–Kier alpha value is -0.640. The van der Waals surface area contributed by atoms with Crippen LogP contribution in [0.2, 0.25) is 0 Å². The number of halogens is 1. The molecule has 7 N–H and O–H groups in total. The molecule has 2 atom stereocenters. The molecule has 1 amide bonds. The molecule has 1 unspecified atom stereocenters. The van der Waals surface area contributed by atoms with Crippen LogP contribution in [0.3, 0.4) is 0 Å². The molecule has 38 heavy (non-hydrogen) atoms. The highest BCUT2D eigenvalue weighted by Crippen LogP contribution is 2.45. The normalized spacial score (nSPS) is 25.8.